The molecule has 1 amide bonds. The Hall–Kier alpha value is -3.94. The molecule has 0 aromatic rings. The molecule has 0 bridgehead atoms. The highest BCUT2D eigenvalue weighted by Gasteiger charge is 2.47. The summed E-state index contributed by atoms with van der Waals surface area (Å²) in [5.41, 5.74) is 0. The number of carbonyl (C=O) groups is 2. The molecule has 0 radical (unpaired) electrons. The Morgan fingerprint density at radius 2 is 1.05 bits per heavy atom. The van der Waals surface area contributed by atoms with E-state index in [1.165, 1.54) is 38.5 Å². The summed E-state index contributed by atoms with van der Waals surface area (Å²) < 4.78 is 17.5. The zero-order valence-electron chi connectivity index (χ0n) is 45.4. The van der Waals surface area contributed by atoms with Crippen LogP contribution in [-0.2, 0) is 23.8 Å². The summed E-state index contributed by atoms with van der Waals surface area (Å²) in [4.78, 5) is 26.4. The monoisotopic (exact) mass is 1020 g/mol. The fourth-order valence-electron chi connectivity index (χ4n) is 7.98. The van der Waals surface area contributed by atoms with Crippen molar-refractivity contribution in [1.29, 1.82) is 0 Å². The third kappa shape index (κ3) is 37.4. The Balaban J connectivity index is 2.78. The molecule has 0 aliphatic carbocycles. The van der Waals surface area contributed by atoms with Crippen LogP contribution < -0.4 is 5.32 Å². The first-order chi connectivity index (χ1) is 35.7. The number of rotatable bonds is 45. The molecule has 1 heterocycles. The number of unbranched alkanes of at least 4 members (excludes halogenated alkanes) is 16. The van der Waals surface area contributed by atoms with Crippen LogP contribution in [0.1, 0.15) is 194 Å². The Morgan fingerprint density at radius 1 is 0.562 bits per heavy atom. The van der Waals surface area contributed by atoms with E-state index in [1.54, 1.807) is 6.08 Å². The number of hydrogen-bond donors (Lipinski definition) is 6. The van der Waals surface area contributed by atoms with E-state index in [2.05, 4.69) is 99.0 Å². The largest absolute Gasteiger partial charge is 0.454 e. The summed E-state index contributed by atoms with van der Waals surface area (Å²) in [5, 5.41) is 56.7. The molecule has 1 saturated heterocycles. The lowest BCUT2D eigenvalue weighted by Crippen LogP contribution is -2.61. The number of allylic oxidation sites excluding steroid dienone is 19. The molecule has 1 rings (SSSR count). The van der Waals surface area contributed by atoms with Gasteiger partial charge in [0, 0.05) is 6.42 Å². The summed E-state index contributed by atoms with van der Waals surface area (Å²) in [7, 11) is 0. The maximum atomic E-state index is 13.4. The van der Waals surface area contributed by atoms with Crippen LogP contribution in [0.15, 0.2) is 122 Å². The number of carbonyl (C=O) groups excluding carboxylic acids is 2. The predicted octanol–water partition coefficient (Wildman–Crippen LogP) is 12.7. The third-order valence-electron chi connectivity index (χ3n) is 12.5. The number of hydrogen-bond acceptors (Lipinski definition) is 10. The SMILES string of the molecule is CC/C=C\C/C=C\C/C=C\C/C=C\C/C=C\CCCCC(O)C(=O)NC(COC1OC(CO)C(O)C(O)C1OC(=O)CCCCCCC\C=C/C=C/C=C/C=C/CC)C(O)/C=C/CCCCCCCCCCC. The number of nitrogens with one attached hydrogen (secondary N) is 1. The van der Waals surface area contributed by atoms with Crippen LogP contribution in [-0.4, -0.2) is 99.6 Å². The van der Waals surface area contributed by atoms with Crippen molar-refractivity contribution in [2.45, 2.75) is 243 Å². The minimum Gasteiger partial charge on any atom is -0.454 e. The van der Waals surface area contributed by atoms with Gasteiger partial charge in [-0.2, -0.15) is 0 Å². The molecule has 1 aliphatic heterocycles. The second-order valence-corrected chi connectivity index (χ2v) is 19.0. The molecule has 0 aromatic carbocycles. The van der Waals surface area contributed by atoms with E-state index in [4.69, 9.17) is 14.2 Å². The highest BCUT2D eigenvalue weighted by atomic mass is 16.7. The van der Waals surface area contributed by atoms with E-state index in [1.807, 2.05) is 42.5 Å². The van der Waals surface area contributed by atoms with Gasteiger partial charge in [0.2, 0.25) is 5.91 Å². The molecule has 11 heteroatoms. The van der Waals surface area contributed by atoms with E-state index >= 15 is 0 Å². The number of amides is 1. The number of aliphatic hydroxyl groups excluding tert-OH is 5. The van der Waals surface area contributed by atoms with E-state index in [9.17, 15) is 35.1 Å². The molecule has 6 N–H and O–H groups in total. The number of aliphatic hydroxyl groups is 5. The zero-order chi connectivity index (χ0) is 53.3. The van der Waals surface area contributed by atoms with Gasteiger partial charge in [-0.15, -0.1) is 0 Å². The Bertz CT molecular complexity index is 1640. The Morgan fingerprint density at radius 3 is 1.64 bits per heavy atom. The average molecular weight is 1020 g/mol. The Labute approximate surface area is 442 Å². The highest BCUT2D eigenvalue weighted by Crippen LogP contribution is 2.26. The molecule has 8 unspecified atom stereocenters. The molecular formula is C62H101NO10. The van der Waals surface area contributed by atoms with Crippen molar-refractivity contribution in [3.05, 3.63) is 122 Å². The number of esters is 1. The highest BCUT2D eigenvalue weighted by molar-refractivity contribution is 5.80. The maximum Gasteiger partial charge on any atom is 0.306 e. The maximum absolute atomic E-state index is 13.4. The van der Waals surface area contributed by atoms with Gasteiger partial charge in [0.05, 0.1) is 25.4 Å². The minimum atomic E-state index is -1.64. The first-order valence-corrected chi connectivity index (χ1v) is 28.4. The van der Waals surface area contributed by atoms with Crippen molar-refractivity contribution in [3.8, 4) is 0 Å². The molecule has 73 heavy (non-hydrogen) atoms. The summed E-state index contributed by atoms with van der Waals surface area (Å²) in [6.45, 7) is 5.46. The molecule has 1 aliphatic rings. The van der Waals surface area contributed by atoms with Gasteiger partial charge in [0.1, 0.15) is 24.4 Å². The van der Waals surface area contributed by atoms with Gasteiger partial charge in [0.25, 0.3) is 0 Å². The van der Waals surface area contributed by atoms with Crippen molar-refractivity contribution in [3.63, 3.8) is 0 Å². The molecule has 1 fully saturated rings. The van der Waals surface area contributed by atoms with Gasteiger partial charge in [-0.1, -0.05) is 219 Å². The summed E-state index contributed by atoms with van der Waals surface area (Å²) in [6, 6.07) is -1.05. The lowest BCUT2D eigenvalue weighted by Gasteiger charge is -2.41. The third-order valence-corrected chi connectivity index (χ3v) is 12.5. The topological polar surface area (TPSA) is 175 Å². The van der Waals surface area contributed by atoms with E-state index < -0.39 is 67.4 Å². The van der Waals surface area contributed by atoms with Gasteiger partial charge in [-0.25, -0.2) is 0 Å². The first kappa shape index (κ1) is 67.1. The molecule has 0 saturated carbocycles. The second-order valence-electron chi connectivity index (χ2n) is 19.0. The molecule has 0 aromatic heterocycles. The standard InChI is InChI=1S/C62H101NO10/c1-4-7-10-13-16-19-22-24-26-27-28-30-31-34-37-40-43-46-49-55(66)61(70)63-53(54(65)48-45-42-39-36-33-21-18-15-12-9-6-3)52-71-62-60(59(69)58(68)56(51-64)72-62)73-57(67)50-47-44-41-38-35-32-29-25-23-20-17-14-11-8-5-2/h7-8,10-11,14,16-17,19-20,23-26,28-30,34,37,45,48,53-56,58-60,62,64-66,68-69H,4-6,9,12-13,15,18,21-22,27,31-33,35-36,38-44,46-47,49-52H2,1-3H3,(H,63,70)/b10-7-,11-8+,17-14+,19-16-,23-20+,26-24-,29-25-,30-28-,37-34-,48-45+. The van der Waals surface area contributed by atoms with Crippen LogP contribution in [0.5, 0.6) is 0 Å². The van der Waals surface area contributed by atoms with Gasteiger partial charge in [-0.05, 0) is 89.9 Å². The van der Waals surface area contributed by atoms with E-state index in [-0.39, 0.29) is 19.4 Å². The zero-order valence-corrected chi connectivity index (χ0v) is 45.4. The smallest absolute Gasteiger partial charge is 0.306 e. The lowest BCUT2D eigenvalue weighted by atomic mass is 9.99. The second kappa shape index (κ2) is 49.0. The van der Waals surface area contributed by atoms with Gasteiger partial charge in [-0.3, -0.25) is 9.59 Å². The van der Waals surface area contributed by atoms with E-state index in [0.29, 0.717) is 12.8 Å². The van der Waals surface area contributed by atoms with Crippen LogP contribution >= 0.6 is 0 Å². The molecular weight excluding hydrogens is 919 g/mol. The van der Waals surface area contributed by atoms with E-state index in [0.717, 1.165) is 109 Å². The van der Waals surface area contributed by atoms with Crippen molar-refractivity contribution in [2.75, 3.05) is 13.2 Å². The average Bonchev–Trinajstić information content (AvgIpc) is 3.39. The summed E-state index contributed by atoms with van der Waals surface area (Å²) in [6.07, 6.45) is 56.7. The molecule has 0 spiro atoms. The van der Waals surface area contributed by atoms with Crippen LogP contribution in [0.3, 0.4) is 0 Å². The van der Waals surface area contributed by atoms with Gasteiger partial charge >= 0.3 is 5.97 Å². The van der Waals surface area contributed by atoms with Crippen molar-refractivity contribution < 1.29 is 49.3 Å². The quantitative estimate of drug-likeness (QED) is 0.0149. The molecule has 8 atom stereocenters. The van der Waals surface area contributed by atoms with Gasteiger partial charge in [0.15, 0.2) is 12.4 Å². The minimum absolute atomic E-state index is 0.0858. The summed E-state index contributed by atoms with van der Waals surface area (Å²) in [5.74, 6) is -1.27. The fourth-order valence-corrected chi connectivity index (χ4v) is 7.98. The predicted molar refractivity (Wildman–Crippen MR) is 301 cm³/mol. The van der Waals surface area contributed by atoms with Crippen LogP contribution in [0.4, 0.5) is 0 Å². The molecule has 414 valence electrons. The Kier molecular flexibility index (Phi) is 45.0. The van der Waals surface area contributed by atoms with Crippen LogP contribution in [0.2, 0.25) is 0 Å². The first-order valence-electron chi connectivity index (χ1n) is 28.4. The normalized spacial score (nSPS) is 20.4. The fraction of sp³-hybridized carbons (Fsp3) is 0.645. The van der Waals surface area contributed by atoms with Gasteiger partial charge < -0.3 is 45.1 Å². The van der Waals surface area contributed by atoms with Crippen molar-refractivity contribution in [2.24, 2.45) is 0 Å². The van der Waals surface area contributed by atoms with Crippen LogP contribution in [0, 0.1) is 0 Å². The van der Waals surface area contributed by atoms with Crippen molar-refractivity contribution >= 4 is 11.9 Å². The lowest BCUT2D eigenvalue weighted by molar-refractivity contribution is -0.305. The van der Waals surface area contributed by atoms with Crippen molar-refractivity contribution in [1.82, 2.24) is 5.32 Å². The van der Waals surface area contributed by atoms with Crippen LogP contribution in [0.25, 0.3) is 0 Å². The number of ether oxygens (including phenoxy) is 3. The summed E-state index contributed by atoms with van der Waals surface area (Å²) >= 11 is 0. The molecule has 11 nitrogen and oxygen atoms in total.